The molecule has 1 amide bonds. The number of furan rings is 1. The third-order valence-electron chi connectivity index (χ3n) is 6.60. The first-order valence-corrected chi connectivity index (χ1v) is 14.1. The van der Waals surface area contributed by atoms with E-state index in [0.717, 1.165) is 39.9 Å². The molecule has 6 rings (SSSR count). The Bertz CT molecular complexity index is 1560. The third kappa shape index (κ3) is 4.54. The van der Waals surface area contributed by atoms with Crippen molar-refractivity contribution in [2.45, 2.75) is 23.8 Å². The largest absolute Gasteiger partial charge is 0.454 e. The minimum Gasteiger partial charge on any atom is -0.454 e. The van der Waals surface area contributed by atoms with Gasteiger partial charge < -0.3 is 14.1 Å². The van der Waals surface area contributed by atoms with Crippen LogP contribution < -0.4 is 0 Å². The molecular formula is C28H27N3O4S. The van der Waals surface area contributed by atoms with Gasteiger partial charge in [0.2, 0.25) is 0 Å². The molecule has 2 aromatic heterocycles. The van der Waals surface area contributed by atoms with E-state index in [4.69, 9.17) is 9.15 Å². The van der Waals surface area contributed by atoms with Gasteiger partial charge in [0.05, 0.1) is 29.0 Å². The summed E-state index contributed by atoms with van der Waals surface area (Å²) in [7, 11) is -2.39. The molecule has 36 heavy (non-hydrogen) atoms. The lowest BCUT2D eigenvalue weighted by Crippen LogP contribution is -2.40. The molecule has 7 nitrogen and oxygen atoms in total. The number of carbonyl (C=O) groups is 1. The first kappa shape index (κ1) is 22.9. The van der Waals surface area contributed by atoms with E-state index >= 15 is 0 Å². The van der Waals surface area contributed by atoms with E-state index in [1.165, 1.54) is 0 Å². The molecular weight excluding hydrogens is 474 g/mol. The van der Waals surface area contributed by atoms with Gasteiger partial charge in [-0.25, -0.2) is 8.57 Å². The number of hydrogen-bond donors (Lipinski definition) is 0. The van der Waals surface area contributed by atoms with Crippen molar-refractivity contribution in [2.24, 2.45) is 4.36 Å². The number of carbonyl (C=O) groups excluding carboxylic acids is 1. The second kappa shape index (κ2) is 9.19. The lowest BCUT2D eigenvalue weighted by Gasteiger charge is -2.27. The Kier molecular flexibility index (Phi) is 5.85. The molecule has 8 heteroatoms. The normalized spacial score (nSPS) is 17.6. The maximum atomic E-state index is 13.0. The maximum Gasteiger partial charge on any atom is 0.254 e. The highest BCUT2D eigenvalue weighted by molar-refractivity contribution is 7.93. The molecule has 1 atom stereocenters. The molecule has 1 aliphatic heterocycles. The van der Waals surface area contributed by atoms with Gasteiger partial charge in [0.1, 0.15) is 11.3 Å². The summed E-state index contributed by atoms with van der Waals surface area (Å²) in [6.45, 7) is 2.34. The SMILES string of the molecule is CS(=O)(=NC1CC1)c1ccc(-c2cc3nccc(-c4cccc(C(=O)N5CCOCC5)c4)c3o2)cc1. The minimum absolute atomic E-state index is 0.00611. The van der Waals surface area contributed by atoms with Gasteiger partial charge in [-0.05, 0) is 48.7 Å². The molecule has 3 heterocycles. The number of aromatic nitrogens is 1. The van der Waals surface area contributed by atoms with Gasteiger partial charge in [-0.15, -0.1) is 0 Å². The average molecular weight is 502 g/mol. The van der Waals surface area contributed by atoms with Crippen LogP contribution in [0.15, 0.2) is 80.5 Å². The van der Waals surface area contributed by atoms with E-state index in [2.05, 4.69) is 9.35 Å². The van der Waals surface area contributed by atoms with Crippen molar-refractivity contribution in [2.75, 3.05) is 32.6 Å². The fraction of sp³-hybridized carbons (Fsp3) is 0.286. The van der Waals surface area contributed by atoms with Crippen molar-refractivity contribution in [3.05, 3.63) is 72.4 Å². The Morgan fingerprint density at radius 2 is 1.81 bits per heavy atom. The molecule has 4 aromatic rings. The van der Waals surface area contributed by atoms with Gasteiger partial charge >= 0.3 is 0 Å². The number of fused-ring (bicyclic) bond motifs is 1. The van der Waals surface area contributed by atoms with Crippen LogP contribution in [-0.2, 0) is 14.5 Å². The molecule has 2 aliphatic rings. The molecule has 1 aliphatic carbocycles. The minimum atomic E-state index is -2.39. The van der Waals surface area contributed by atoms with Gasteiger partial charge in [-0.3, -0.25) is 9.78 Å². The van der Waals surface area contributed by atoms with Crippen LogP contribution in [0.25, 0.3) is 33.6 Å². The van der Waals surface area contributed by atoms with Gasteiger partial charge in [0.25, 0.3) is 5.91 Å². The number of amides is 1. The van der Waals surface area contributed by atoms with Crippen molar-refractivity contribution in [3.63, 3.8) is 0 Å². The molecule has 1 unspecified atom stereocenters. The summed E-state index contributed by atoms with van der Waals surface area (Å²) >= 11 is 0. The summed E-state index contributed by atoms with van der Waals surface area (Å²) < 4.78 is 29.1. The van der Waals surface area contributed by atoms with Crippen LogP contribution in [0.3, 0.4) is 0 Å². The van der Waals surface area contributed by atoms with Gasteiger partial charge in [-0.1, -0.05) is 24.3 Å². The molecule has 184 valence electrons. The summed E-state index contributed by atoms with van der Waals surface area (Å²) in [5.74, 6) is 0.686. The summed E-state index contributed by atoms with van der Waals surface area (Å²) in [5, 5.41) is 0. The first-order valence-electron chi connectivity index (χ1n) is 12.2. The lowest BCUT2D eigenvalue weighted by molar-refractivity contribution is 0.0303. The molecule has 0 radical (unpaired) electrons. The van der Waals surface area contributed by atoms with E-state index in [1.54, 1.807) is 12.5 Å². The third-order valence-corrected chi connectivity index (χ3v) is 8.45. The van der Waals surface area contributed by atoms with Gasteiger partial charge in [-0.2, -0.15) is 0 Å². The quantitative estimate of drug-likeness (QED) is 0.373. The van der Waals surface area contributed by atoms with Gasteiger partial charge in [0, 0.05) is 53.2 Å². The zero-order valence-electron chi connectivity index (χ0n) is 20.1. The van der Waals surface area contributed by atoms with E-state index in [0.29, 0.717) is 43.2 Å². The topological polar surface area (TPSA) is 85.0 Å². The number of pyridine rings is 1. The highest BCUT2D eigenvalue weighted by Gasteiger charge is 2.23. The fourth-order valence-electron chi connectivity index (χ4n) is 4.47. The van der Waals surface area contributed by atoms with Crippen molar-refractivity contribution < 1.29 is 18.2 Å². The number of nitrogens with zero attached hydrogens (tertiary/aromatic N) is 3. The Balaban J connectivity index is 1.32. The Morgan fingerprint density at radius 1 is 1.03 bits per heavy atom. The predicted molar refractivity (Wildman–Crippen MR) is 139 cm³/mol. The average Bonchev–Trinajstić information content (AvgIpc) is 3.61. The van der Waals surface area contributed by atoms with Crippen LogP contribution in [0.2, 0.25) is 0 Å². The summed E-state index contributed by atoms with van der Waals surface area (Å²) in [5.41, 5.74) is 4.68. The van der Waals surface area contributed by atoms with Crippen molar-refractivity contribution in [3.8, 4) is 22.5 Å². The Labute approximate surface area is 210 Å². The number of rotatable bonds is 5. The smallest absolute Gasteiger partial charge is 0.254 e. The molecule has 1 saturated heterocycles. The second-order valence-electron chi connectivity index (χ2n) is 9.33. The second-order valence-corrected chi connectivity index (χ2v) is 11.6. The summed E-state index contributed by atoms with van der Waals surface area (Å²) in [6.07, 6.45) is 5.51. The zero-order valence-corrected chi connectivity index (χ0v) is 20.9. The van der Waals surface area contributed by atoms with E-state index < -0.39 is 9.73 Å². The van der Waals surface area contributed by atoms with Crippen LogP contribution in [-0.4, -0.2) is 58.6 Å². The van der Waals surface area contributed by atoms with Crippen molar-refractivity contribution in [1.82, 2.24) is 9.88 Å². The predicted octanol–water partition coefficient (Wildman–Crippen LogP) is 5.25. The Hall–Kier alpha value is -3.49. The van der Waals surface area contributed by atoms with E-state index in [9.17, 15) is 9.00 Å². The lowest BCUT2D eigenvalue weighted by atomic mass is 10.0. The number of ether oxygens (including phenoxy) is 1. The monoisotopic (exact) mass is 501 g/mol. The molecule has 0 bridgehead atoms. The van der Waals surface area contributed by atoms with E-state index in [1.807, 2.05) is 65.6 Å². The standard InChI is InChI=1S/C28H27N3O4S/c1-36(33,30-22-7-8-22)23-9-5-19(6-10-23)26-18-25-27(35-26)24(11-12-29-25)20-3-2-4-21(17-20)28(32)31-13-15-34-16-14-31/h2-6,9-12,17-18,22H,7-8,13-16H2,1H3. The number of morpholine rings is 1. The number of hydrogen-bond acceptors (Lipinski definition) is 6. The van der Waals surface area contributed by atoms with Gasteiger partial charge in [0.15, 0.2) is 5.58 Å². The first-order chi connectivity index (χ1) is 17.5. The summed E-state index contributed by atoms with van der Waals surface area (Å²) in [4.78, 5) is 20.1. The highest BCUT2D eigenvalue weighted by Crippen LogP contribution is 2.35. The number of benzene rings is 2. The molecule has 0 N–H and O–H groups in total. The van der Waals surface area contributed by atoms with Crippen LogP contribution in [0.1, 0.15) is 23.2 Å². The van der Waals surface area contributed by atoms with Crippen molar-refractivity contribution in [1.29, 1.82) is 0 Å². The highest BCUT2D eigenvalue weighted by atomic mass is 32.2. The van der Waals surface area contributed by atoms with Crippen LogP contribution in [0.4, 0.5) is 0 Å². The van der Waals surface area contributed by atoms with E-state index in [-0.39, 0.29) is 11.9 Å². The van der Waals surface area contributed by atoms with Crippen LogP contribution in [0.5, 0.6) is 0 Å². The Morgan fingerprint density at radius 3 is 2.56 bits per heavy atom. The maximum absolute atomic E-state index is 13.0. The molecule has 0 spiro atoms. The zero-order chi connectivity index (χ0) is 24.7. The molecule has 2 fully saturated rings. The van der Waals surface area contributed by atoms with Crippen molar-refractivity contribution >= 4 is 26.7 Å². The summed E-state index contributed by atoms with van der Waals surface area (Å²) in [6, 6.07) is 19.2. The van der Waals surface area contributed by atoms with Crippen LogP contribution >= 0.6 is 0 Å². The molecule has 2 aromatic carbocycles. The van der Waals surface area contributed by atoms with Crippen LogP contribution in [0, 0.1) is 0 Å². The fourth-order valence-corrected chi connectivity index (χ4v) is 6.02. The molecule has 1 saturated carbocycles.